The molecule has 23 heavy (non-hydrogen) atoms. The van der Waals surface area contributed by atoms with E-state index in [1.54, 1.807) is 0 Å². The third-order valence-corrected chi connectivity index (χ3v) is 4.56. The second kappa shape index (κ2) is 7.98. The molecule has 0 saturated carbocycles. The first-order chi connectivity index (χ1) is 10.5. The third kappa shape index (κ3) is 5.75. The topological polar surface area (TPSA) is 44.8 Å². The summed E-state index contributed by atoms with van der Waals surface area (Å²) in [4.78, 5) is 12.1. The molecule has 4 atom stereocenters. The molecule has 136 valence electrons. The first-order valence-electron chi connectivity index (χ1n) is 9.04. The van der Waals surface area contributed by atoms with Gasteiger partial charge in [-0.25, -0.2) is 0 Å². The van der Waals surface area contributed by atoms with Gasteiger partial charge in [-0.2, -0.15) is 0 Å². The van der Waals surface area contributed by atoms with Crippen molar-refractivity contribution in [3.8, 4) is 0 Å². The van der Waals surface area contributed by atoms with E-state index in [1.807, 2.05) is 34.6 Å². The van der Waals surface area contributed by atoms with Gasteiger partial charge >= 0.3 is 5.97 Å². The van der Waals surface area contributed by atoms with Crippen LogP contribution in [0.4, 0.5) is 0 Å². The van der Waals surface area contributed by atoms with Gasteiger partial charge in [0.2, 0.25) is 0 Å². The fourth-order valence-electron chi connectivity index (χ4n) is 3.12. The average Bonchev–Trinajstić information content (AvgIpc) is 2.42. The van der Waals surface area contributed by atoms with Crippen molar-refractivity contribution in [2.45, 2.75) is 92.6 Å². The van der Waals surface area contributed by atoms with E-state index in [-0.39, 0.29) is 24.1 Å². The lowest BCUT2D eigenvalue weighted by atomic mass is 9.84. The van der Waals surface area contributed by atoms with Crippen LogP contribution in [0.15, 0.2) is 0 Å². The molecular formula is C19H36O4. The van der Waals surface area contributed by atoms with Crippen LogP contribution in [0.1, 0.15) is 74.7 Å². The van der Waals surface area contributed by atoms with Gasteiger partial charge in [-0.15, -0.1) is 0 Å². The summed E-state index contributed by atoms with van der Waals surface area (Å²) in [5, 5.41) is 0. The zero-order valence-corrected chi connectivity index (χ0v) is 16.3. The summed E-state index contributed by atoms with van der Waals surface area (Å²) < 4.78 is 17.9. The number of carbonyl (C=O) groups excluding carboxylic acids is 1. The molecule has 1 rings (SSSR count). The molecule has 4 nitrogen and oxygen atoms in total. The Labute approximate surface area is 142 Å². The highest BCUT2D eigenvalue weighted by atomic mass is 16.7. The summed E-state index contributed by atoms with van der Waals surface area (Å²) in [6.07, 6.45) is 3.28. The Bertz CT molecular complexity index is 383. The van der Waals surface area contributed by atoms with Gasteiger partial charge in [-0.3, -0.25) is 4.79 Å². The highest BCUT2D eigenvalue weighted by Crippen LogP contribution is 2.37. The Kier molecular flexibility index (Phi) is 7.09. The molecule has 0 bridgehead atoms. The fraction of sp³-hybridized carbons (Fsp3) is 0.947. The van der Waals surface area contributed by atoms with Gasteiger partial charge in [0, 0.05) is 11.8 Å². The van der Waals surface area contributed by atoms with E-state index < -0.39 is 11.2 Å². The number of esters is 1. The van der Waals surface area contributed by atoms with E-state index >= 15 is 0 Å². The van der Waals surface area contributed by atoms with Crippen molar-refractivity contribution in [3.63, 3.8) is 0 Å². The molecule has 0 amide bonds. The SMILES string of the molecule is CCC[C@H]1OC(C)(C)O[C@@H]([C@H](CC)COC(=O)C(C)(C)C)[C@@H]1C. The molecule has 0 radical (unpaired) electrons. The summed E-state index contributed by atoms with van der Waals surface area (Å²) >= 11 is 0. The summed E-state index contributed by atoms with van der Waals surface area (Å²) in [6, 6.07) is 0. The molecule has 0 aromatic carbocycles. The highest BCUT2D eigenvalue weighted by Gasteiger charge is 2.43. The number of ether oxygens (including phenoxy) is 3. The van der Waals surface area contributed by atoms with Gasteiger partial charge in [0.15, 0.2) is 5.79 Å². The Morgan fingerprint density at radius 1 is 1.22 bits per heavy atom. The maximum absolute atomic E-state index is 12.1. The summed E-state index contributed by atoms with van der Waals surface area (Å²) in [5.74, 6) is -0.251. The van der Waals surface area contributed by atoms with E-state index in [0.717, 1.165) is 19.3 Å². The van der Waals surface area contributed by atoms with Crippen LogP contribution >= 0.6 is 0 Å². The van der Waals surface area contributed by atoms with E-state index in [0.29, 0.717) is 12.5 Å². The minimum atomic E-state index is -0.585. The zero-order chi connectivity index (χ0) is 17.8. The zero-order valence-electron chi connectivity index (χ0n) is 16.3. The first kappa shape index (κ1) is 20.4. The molecule has 0 spiro atoms. The summed E-state index contributed by atoms with van der Waals surface area (Å²) in [7, 11) is 0. The lowest BCUT2D eigenvalue weighted by molar-refractivity contribution is -0.329. The second-order valence-corrected chi connectivity index (χ2v) is 8.30. The molecular weight excluding hydrogens is 292 g/mol. The molecule has 0 aliphatic carbocycles. The van der Waals surface area contributed by atoms with E-state index in [1.165, 1.54) is 0 Å². The molecule has 0 aromatic rings. The van der Waals surface area contributed by atoms with E-state index in [9.17, 15) is 4.79 Å². The van der Waals surface area contributed by atoms with Crippen LogP contribution in [-0.4, -0.2) is 30.6 Å². The minimum absolute atomic E-state index is 0.0491. The largest absolute Gasteiger partial charge is 0.465 e. The minimum Gasteiger partial charge on any atom is -0.465 e. The van der Waals surface area contributed by atoms with Crippen LogP contribution in [0, 0.1) is 17.3 Å². The van der Waals surface area contributed by atoms with E-state index in [2.05, 4.69) is 20.8 Å². The Morgan fingerprint density at radius 3 is 2.30 bits per heavy atom. The van der Waals surface area contributed by atoms with Crippen molar-refractivity contribution in [1.29, 1.82) is 0 Å². The van der Waals surface area contributed by atoms with Gasteiger partial charge in [-0.05, 0) is 47.5 Å². The van der Waals surface area contributed by atoms with Crippen molar-refractivity contribution in [2.24, 2.45) is 17.3 Å². The third-order valence-electron chi connectivity index (χ3n) is 4.56. The molecule has 0 unspecified atom stereocenters. The Hall–Kier alpha value is -0.610. The smallest absolute Gasteiger partial charge is 0.311 e. The van der Waals surface area contributed by atoms with Crippen molar-refractivity contribution in [1.82, 2.24) is 0 Å². The van der Waals surface area contributed by atoms with Crippen LogP contribution in [0.5, 0.6) is 0 Å². The molecule has 0 N–H and O–H groups in total. The van der Waals surface area contributed by atoms with Crippen LogP contribution in [0.2, 0.25) is 0 Å². The Morgan fingerprint density at radius 2 is 1.83 bits per heavy atom. The quantitative estimate of drug-likeness (QED) is 0.671. The van der Waals surface area contributed by atoms with Gasteiger partial charge < -0.3 is 14.2 Å². The lowest BCUT2D eigenvalue weighted by Gasteiger charge is -2.47. The van der Waals surface area contributed by atoms with Crippen LogP contribution in [0.25, 0.3) is 0 Å². The molecule has 1 aliphatic heterocycles. The molecule has 1 aliphatic rings. The van der Waals surface area contributed by atoms with Gasteiger partial charge in [0.05, 0.1) is 24.2 Å². The van der Waals surface area contributed by atoms with Crippen LogP contribution in [-0.2, 0) is 19.0 Å². The standard InChI is InChI=1S/C19H36O4/c1-9-11-15-13(3)16(23-19(7,8)22-15)14(10-2)12-21-17(20)18(4,5)6/h13-16H,9-12H2,1-8H3/t13-,14-,15-,16-/m1/s1. The fourth-order valence-corrected chi connectivity index (χ4v) is 3.12. The molecule has 0 aromatic heterocycles. The number of carbonyl (C=O) groups is 1. The van der Waals surface area contributed by atoms with Crippen molar-refractivity contribution in [2.75, 3.05) is 6.61 Å². The maximum atomic E-state index is 12.1. The summed E-state index contributed by atoms with van der Waals surface area (Å²) in [5.41, 5.74) is -0.468. The van der Waals surface area contributed by atoms with Crippen LogP contribution < -0.4 is 0 Å². The number of hydrogen-bond acceptors (Lipinski definition) is 4. The van der Waals surface area contributed by atoms with Gasteiger partial charge in [-0.1, -0.05) is 27.2 Å². The predicted octanol–water partition coefficient (Wildman–Crippen LogP) is 4.56. The molecule has 1 fully saturated rings. The molecule has 1 saturated heterocycles. The first-order valence-corrected chi connectivity index (χ1v) is 9.04. The molecule has 4 heteroatoms. The maximum Gasteiger partial charge on any atom is 0.311 e. The van der Waals surface area contributed by atoms with E-state index in [4.69, 9.17) is 14.2 Å². The van der Waals surface area contributed by atoms with Gasteiger partial charge in [0.25, 0.3) is 0 Å². The monoisotopic (exact) mass is 328 g/mol. The van der Waals surface area contributed by atoms with Crippen LogP contribution in [0.3, 0.4) is 0 Å². The molecule has 1 heterocycles. The normalized spacial score (nSPS) is 29.1. The predicted molar refractivity (Wildman–Crippen MR) is 92.1 cm³/mol. The highest BCUT2D eigenvalue weighted by molar-refractivity contribution is 5.75. The average molecular weight is 328 g/mol. The number of hydrogen-bond donors (Lipinski definition) is 0. The summed E-state index contributed by atoms with van der Waals surface area (Å²) in [6.45, 7) is 16.5. The van der Waals surface area contributed by atoms with Crippen molar-refractivity contribution in [3.05, 3.63) is 0 Å². The lowest BCUT2D eigenvalue weighted by Crippen LogP contribution is -2.53. The van der Waals surface area contributed by atoms with Crippen molar-refractivity contribution >= 4 is 5.97 Å². The second-order valence-electron chi connectivity index (χ2n) is 8.30. The van der Waals surface area contributed by atoms with Gasteiger partial charge in [0.1, 0.15) is 0 Å². The number of rotatable bonds is 6. The Balaban J connectivity index is 2.79. The van der Waals surface area contributed by atoms with Crippen molar-refractivity contribution < 1.29 is 19.0 Å².